The first-order valence-corrected chi connectivity index (χ1v) is 14.7. The Bertz CT molecular complexity index is 1350. The summed E-state index contributed by atoms with van der Waals surface area (Å²) in [4.78, 5) is 68.1. The van der Waals surface area contributed by atoms with Crippen LogP contribution in [0.4, 0.5) is 0 Å². The number of ketones is 4. The summed E-state index contributed by atoms with van der Waals surface area (Å²) < 4.78 is 5.78. The maximum Gasteiger partial charge on any atom is 0.235 e. The van der Waals surface area contributed by atoms with Crippen LogP contribution in [-0.2, 0) is 32.1 Å². The second-order valence-electron chi connectivity index (χ2n) is 13.2. The maximum absolute atomic E-state index is 13.9. The van der Waals surface area contributed by atoms with Gasteiger partial charge < -0.3 is 26.0 Å². The normalized spacial score (nSPS) is 32.3. The lowest BCUT2D eigenvalue weighted by Crippen LogP contribution is -2.74. The van der Waals surface area contributed by atoms with Gasteiger partial charge in [0.2, 0.25) is 5.91 Å². The molecule has 42 heavy (non-hydrogen) atoms. The van der Waals surface area contributed by atoms with E-state index in [1.165, 1.54) is 37.3 Å². The Labute approximate surface area is 245 Å². The first kappa shape index (κ1) is 30.3. The Balaban J connectivity index is 1.50. The molecule has 0 aromatic heterocycles. The van der Waals surface area contributed by atoms with Crippen molar-refractivity contribution < 1.29 is 38.9 Å². The van der Waals surface area contributed by atoms with Gasteiger partial charge in [-0.25, -0.2) is 0 Å². The summed E-state index contributed by atoms with van der Waals surface area (Å²) in [6.45, 7) is 3.48. The van der Waals surface area contributed by atoms with Crippen LogP contribution in [0.3, 0.4) is 0 Å². The molecule has 2 unspecified atom stereocenters. The number of hydrogen-bond acceptors (Lipinski definition) is 10. The molecule has 0 bridgehead atoms. The van der Waals surface area contributed by atoms with Crippen LogP contribution < -0.4 is 15.8 Å². The first-order chi connectivity index (χ1) is 19.8. The number of phenols is 1. The highest BCUT2D eigenvalue weighted by Crippen LogP contribution is 2.52. The van der Waals surface area contributed by atoms with Crippen LogP contribution >= 0.6 is 0 Å². The van der Waals surface area contributed by atoms with Crippen molar-refractivity contribution in [3.63, 3.8) is 0 Å². The van der Waals surface area contributed by atoms with Crippen LogP contribution in [0.15, 0.2) is 6.07 Å². The number of primary amides is 1. The lowest BCUT2D eigenvalue weighted by Gasteiger charge is -2.52. The largest absolute Gasteiger partial charge is 0.507 e. The van der Waals surface area contributed by atoms with Crippen molar-refractivity contribution in [3.05, 3.63) is 22.8 Å². The molecule has 3 saturated carbocycles. The van der Waals surface area contributed by atoms with Crippen molar-refractivity contribution in [1.29, 1.82) is 0 Å². The molecule has 228 valence electrons. The SMILES string of the molecule is COc1c(CNCC2(C)CCCCC2)cc(O)c2c1C[C@H]1C[C@H]3[C@H](N(C)C)C(=O)C(C(N)=O)C(=O)[C@@]3(O)C(=O)C1C2=O. The maximum atomic E-state index is 13.9. The summed E-state index contributed by atoms with van der Waals surface area (Å²) in [5.74, 6) is -10.2. The second-order valence-corrected chi connectivity index (χ2v) is 13.2. The average Bonchev–Trinajstić information content (AvgIpc) is 2.90. The summed E-state index contributed by atoms with van der Waals surface area (Å²) in [6, 6.07) is 0.325. The number of nitrogens with one attached hydrogen (secondary N) is 1. The zero-order valence-electron chi connectivity index (χ0n) is 24.7. The molecule has 5 N–H and O–H groups in total. The van der Waals surface area contributed by atoms with Gasteiger partial charge in [-0.15, -0.1) is 0 Å². The van der Waals surface area contributed by atoms with Crippen molar-refractivity contribution >= 4 is 29.0 Å². The Hall–Kier alpha value is -3.15. The molecule has 0 heterocycles. The van der Waals surface area contributed by atoms with E-state index in [4.69, 9.17) is 10.5 Å². The van der Waals surface area contributed by atoms with Gasteiger partial charge in [-0.3, -0.25) is 28.9 Å². The summed E-state index contributed by atoms with van der Waals surface area (Å²) in [7, 11) is 4.61. The fraction of sp³-hybridized carbons (Fsp3) is 0.645. The number of carbonyl (C=O) groups is 5. The first-order valence-electron chi connectivity index (χ1n) is 14.7. The van der Waals surface area contributed by atoms with E-state index in [9.17, 15) is 34.2 Å². The van der Waals surface area contributed by atoms with Crippen LogP contribution in [0.1, 0.15) is 66.9 Å². The molecule has 0 radical (unpaired) electrons. The van der Waals surface area contributed by atoms with Crippen molar-refractivity contribution in [2.75, 3.05) is 27.7 Å². The molecule has 3 fully saturated rings. The van der Waals surface area contributed by atoms with E-state index in [2.05, 4.69) is 12.2 Å². The van der Waals surface area contributed by atoms with Crippen molar-refractivity contribution in [2.24, 2.45) is 34.8 Å². The van der Waals surface area contributed by atoms with Gasteiger partial charge >= 0.3 is 0 Å². The number of hydrogen-bond donors (Lipinski definition) is 4. The van der Waals surface area contributed by atoms with Crippen molar-refractivity contribution in [2.45, 2.75) is 70.1 Å². The minimum Gasteiger partial charge on any atom is -0.507 e. The molecular formula is C31H41N3O8. The van der Waals surface area contributed by atoms with Gasteiger partial charge in [-0.2, -0.15) is 0 Å². The summed E-state index contributed by atoms with van der Waals surface area (Å²) in [5, 5.41) is 26.3. The number of ether oxygens (including phenoxy) is 1. The van der Waals surface area contributed by atoms with E-state index in [0.29, 0.717) is 23.4 Å². The molecule has 0 saturated heterocycles. The Morgan fingerprint density at radius 1 is 1.14 bits per heavy atom. The Morgan fingerprint density at radius 2 is 1.81 bits per heavy atom. The van der Waals surface area contributed by atoms with Gasteiger partial charge in [0, 0.05) is 30.1 Å². The topological polar surface area (TPSA) is 176 Å². The number of nitrogens with zero attached hydrogens (tertiary/aromatic N) is 1. The molecular weight excluding hydrogens is 542 g/mol. The third-order valence-corrected chi connectivity index (χ3v) is 10.2. The second kappa shape index (κ2) is 10.8. The summed E-state index contributed by atoms with van der Waals surface area (Å²) in [5.41, 5.74) is 3.89. The van der Waals surface area contributed by atoms with Crippen LogP contribution in [-0.4, -0.2) is 83.5 Å². The van der Waals surface area contributed by atoms with Gasteiger partial charge in [0.25, 0.3) is 0 Å². The number of phenolic OH excluding ortho intramolecular Hbond substituents is 1. The fourth-order valence-electron chi connectivity index (χ4n) is 8.18. The highest BCUT2D eigenvalue weighted by atomic mass is 16.5. The minimum atomic E-state index is -2.74. The molecule has 1 aromatic rings. The molecule has 0 spiro atoms. The number of aromatic hydroxyl groups is 1. The highest BCUT2D eigenvalue weighted by Gasteiger charge is 2.69. The molecule has 4 aliphatic rings. The van der Waals surface area contributed by atoms with E-state index in [0.717, 1.165) is 19.4 Å². The van der Waals surface area contributed by atoms with Crippen LogP contribution in [0.2, 0.25) is 0 Å². The van der Waals surface area contributed by atoms with E-state index in [1.807, 2.05) is 0 Å². The van der Waals surface area contributed by atoms with E-state index in [-0.39, 0.29) is 29.6 Å². The number of amides is 1. The van der Waals surface area contributed by atoms with Gasteiger partial charge in [0.05, 0.1) is 24.6 Å². The lowest BCUT2D eigenvalue weighted by molar-refractivity contribution is -0.181. The number of likely N-dealkylation sites (N-methyl/N-ethyl adjacent to an activating group) is 1. The lowest BCUT2D eigenvalue weighted by atomic mass is 9.52. The minimum absolute atomic E-state index is 0.00531. The van der Waals surface area contributed by atoms with Crippen LogP contribution in [0.5, 0.6) is 11.5 Å². The molecule has 1 aromatic carbocycles. The molecule has 1 amide bonds. The summed E-state index contributed by atoms with van der Waals surface area (Å²) in [6.07, 6.45) is 6.10. The number of aliphatic hydroxyl groups is 1. The number of carbonyl (C=O) groups excluding carboxylic acids is 5. The fourth-order valence-corrected chi connectivity index (χ4v) is 8.18. The predicted molar refractivity (Wildman–Crippen MR) is 151 cm³/mol. The molecule has 11 heteroatoms. The monoisotopic (exact) mass is 583 g/mol. The third kappa shape index (κ3) is 4.57. The molecule has 0 aliphatic heterocycles. The van der Waals surface area contributed by atoms with Crippen LogP contribution in [0.25, 0.3) is 0 Å². The molecule has 6 atom stereocenters. The number of methoxy groups -OCH3 is 1. The van der Waals surface area contributed by atoms with Crippen LogP contribution in [0, 0.1) is 29.1 Å². The predicted octanol–water partition coefficient (Wildman–Crippen LogP) is 0.936. The molecule has 11 nitrogen and oxygen atoms in total. The van der Waals surface area contributed by atoms with Crippen molar-refractivity contribution in [3.8, 4) is 11.5 Å². The quantitative estimate of drug-likeness (QED) is 0.338. The molecule has 4 aliphatic carbocycles. The summed E-state index contributed by atoms with van der Waals surface area (Å²) >= 11 is 0. The number of benzene rings is 1. The highest BCUT2D eigenvalue weighted by molar-refractivity contribution is 6.32. The standard InChI is InChI=1S/C31H41N3O8/c1-30(8-6-5-7-9-30)14-33-13-16-12-19(35)21-17(26(16)42-4)10-15-11-18-23(34(2)3)25(37)22(29(32)40)28(39)31(18,41)27(38)20(15)24(21)36/h12,15,18,20,22-23,33,35,41H,5-11,13-14H2,1-4H3,(H2,32,40)/t15-,18-,20?,22?,23-,31-/m0/s1. The smallest absolute Gasteiger partial charge is 0.235 e. The molecule has 5 rings (SSSR count). The van der Waals surface area contributed by atoms with Gasteiger partial charge in [-0.05, 0) is 57.2 Å². The van der Waals surface area contributed by atoms with E-state index >= 15 is 0 Å². The Kier molecular flexibility index (Phi) is 7.83. The number of Topliss-reactive ketones (excluding diaryl/α,β-unsaturated/α-hetero) is 4. The van der Waals surface area contributed by atoms with Gasteiger partial charge in [-0.1, -0.05) is 26.2 Å². The van der Waals surface area contributed by atoms with Gasteiger partial charge in [0.1, 0.15) is 11.5 Å². The average molecular weight is 584 g/mol. The van der Waals surface area contributed by atoms with E-state index < -0.39 is 64.4 Å². The zero-order valence-corrected chi connectivity index (χ0v) is 24.7. The van der Waals surface area contributed by atoms with E-state index in [1.54, 1.807) is 14.1 Å². The zero-order chi connectivity index (χ0) is 30.7. The third-order valence-electron chi connectivity index (χ3n) is 10.2. The number of fused-ring (bicyclic) bond motifs is 3. The van der Waals surface area contributed by atoms with Gasteiger partial charge in [0.15, 0.2) is 34.7 Å². The Morgan fingerprint density at radius 3 is 2.40 bits per heavy atom. The number of nitrogens with two attached hydrogens (primary N) is 1. The number of rotatable bonds is 7. The van der Waals surface area contributed by atoms with Crippen molar-refractivity contribution in [1.82, 2.24) is 10.2 Å².